The molecule has 0 bridgehead atoms. The van der Waals surface area contributed by atoms with Gasteiger partial charge in [0.2, 0.25) is 0 Å². The SMILES string of the molecule is N[C@H]1CCCN(c2ccnc3c2CCC3=O)C1. The Morgan fingerprint density at radius 3 is 3.12 bits per heavy atom. The smallest absolute Gasteiger partial charge is 0.181 e. The number of piperidine rings is 1. The number of carbonyl (C=O) groups excluding carboxylic acids is 1. The molecule has 1 aliphatic heterocycles. The average molecular weight is 231 g/mol. The van der Waals surface area contributed by atoms with Crippen molar-refractivity contribution < 1.29 is 4.79 Å². The van der Waals surface area contributed by atoms with E-state index in [1.54, 1.807) is 6.20 Å². The van der Waals surface area contributed by atoms with Crippen LogP contribution in [0.3, 0.4) is 0 Å². The van der Waals surface area contributed by atoms with Crippen LogP contribution < -0.4 is 10.6 Å². The van der Waals surface area contributed by atoms with Gasteiger partial charge in [0.15, 0.2) is 5.78 Å². The van der Waals surface area contributed by atoms with Gasteiger partial charge in [0.1, 0.15) is 5.69 Å². The molecule has 90 valence electrons. The Hall–Kier alpha value is -1.42. The van der Waals surface area contributed by atoms with Crippen LogP contribution in [0.4, 0.5) is 5.69 Å². The molecule has 2 aliphatic rings. The van der Waals surface area contributed by atoms with Crippen molar-refractivity contribution in [3.8, 4) is 0 Å². The molecule has 0 radical (unpaired) electrons. The first-order valence-electron chi connectivity index (χ1n) is 6.27. The van der Waals surface area contributed by atoms with Crippen LogP contribution in [0, 0.1) is 0 Å². The quantitative estimate of drug-likeness (QED) is 0.787. The molecule has 0 saturated carbocycles. The molecule has 3 rings (SSSR count). The van der Waals surface area contributed by atoms with Crippen LogP contribution in [-0.4, -0.2) is 29.9 Å². The van der Waals surface area contributed by atoms with Gasteiger partial charge in [-0.15, -0.1) is 0 Å². The second kappa shape index (κ2) is 4.11. The highest BCUT2D eigenvalue weighted by Crippen LogP contribution is 2.31. The average Bonchev–Trinajstić information content (AvgIpc) is 2.71. The number of fused-ring (bicyclic) bond motifs is 1. The first-order valence-corrected chi connectivity index (χ1v) is 6.27. The second-order valence-electron chi connectivity index (χ2n) is 4.93. The molecule has 1 aromatic rings. The summed E-state index contributed by atoms with van der Waals surface area (Å²) in [5.41, 5.74) is 9.00. The third-order valence-corrected chi connectivity index (χ3v) is 3.70. The van der Waals surface area contributed by atoms with Gasteiger partial charge in [-0.3, -0.25) is 9.78 Å². The molecule has 1 aromatic heterocycles. The monoisotopic (exact) mass is 231 g/mol. The number of nitrogens with zero attached hydrogens (tertiary/aromatic N) is 2. The molecule has 0 unspecified atom stereocenters. The van der Waals surface area contributed by atoms with Gasteiger partial charge in [0.05, 0.1) is 0 Å². The Morgan fingerprint density at radius 2 is 2.29 bits per heavy atom. The van der Waals surface area contributed by atoms with E-state index in [9.17, 15) is 4.79 Å². The molecule has 0 amide bonds. The minimum Gasteiger partial charge on any atom is -0.370 e. The van der Waals surface area contributed by atoms with Gasteiger partial charge < -0.3 is 10.6 Å². The van der Waals surface area contributed by atoms with Crippen LogP contribution >= 0.6 is 0 Å². The standard InChI is InChI=1S/C13H17N3O/c14-9-2-1-7-16(8-9)11-5-6-15-13-10(11)3-4-12(13)17/h5-6,9H,1-4,7-8,14H2/t9-/m0/s1. The number of rotatable bonds is 1. The Morgan fingerprint density at radius 1 is 1.41 bits per heavy atom. The predicted octanol–water partition coefficient (Wildman–Crippen LogP) is 1.14. The number of aromatic nitrogens is 1. The van der Waals surface area contributed by atoms with E-state index in [-0.39, 0.29) is 11.8 Å². The summed E-state index contributed by atoms with van der Waals surface area (Å²) < 4.78 is 0. The zero-order valence-electron chi connectivity index (χ0n) is 9.85. The van der Waals surface area contributed by atoms with Gasteiger partial charge in [-0.2, -0.15) is 0 Å². The lowest BCUT2D eigenvalue weighted by Gasteiger charge is -2.33. The summed E-state index contributed by atoms with van der Waals surface area (Å²) in [5.74, 6) is 0.183. The van der Waals surface area contributed by atoms with E-state index in [1.165, 1.54) is 5.69 Å². The lowest BCUT2D eigenvalue weighted by Crippen LogP contribution is -2.43. The van der Waals surface area contributed by atoms with Crippen LogP contribution in [-0.2, 0) is 6.42 Å². The van der Waals surface area contributed by atoms with Gasteiger partial charge in [-0.05, 0) is 25.3 Å². The van der Waals surface area contributed by atoms with Crippen molar-refractivity contribution in [2.75, 3.05) is 18.0 Å². The summed E-state index contributed by atoms with van der Waals surface area (Å²) in [6.07, 6.45) is 5.43. The number of pyridine rings is 1. The summed E-state index contributed by atoms with van der Waals surface area (Å²) in [7, 11) is 0. The van der Waals surface area contributed by atoms with Crippen molar-refractivity contribution in [1.82, 2.24) is 4.98 Å². The highest BCUT2D eigenvalue weighted by Gasteiger charge is 2.27. The minimum atomic E-state index is 0.183. The third-order valence-electron chi connectivity index (χ3n) is 3.70. The lowest BCUT2D eigenvalue weighted by molar-refractivity contribution is 0.0990. The first-order chi connectivity index (χ1) is 8.25. The van der Waals surface area contributed by atoms with Gasteiger partial charge in [0, 0.05) is 43.0 Å². The molecule has 4 nitrogen and oxygen atoms in total. The predicted molar refractivity (Wildman–Crippen MR) is 66.3 cm³/mol. The Kier molecular flexibility index (Phi) is 2.59. The van der Waals surface area contributed by atoms with E-state index in [0.717, 1.165) is 37.9 Å². The van der Waals surface area contributed by atoms with Crippen molar-refractivity contribution >= 4 is 11.5 Å². The summed E-state index contributed by atoms with van der Waals surface area (Å²) in [6, 6.07) is 2.28. The summed E-state index contributed by atoms with van der Waals surface area (Å²) >= 11 is 0. The molecule has 1 atom stereocenters. The highest BCUT2D eigenvalue weighted by molar-refractivity contribution is 6.00. The van der Waals surface area contributed by atoms with E-state index in [2.05, 4.69) is 9.88 Å². The molecular weight excluding hydrogens is 214 g/mol. The molecule has 4 heteroatoms. The van der Waals surface area contributed by atoms with Gasteiger partial charge in [-0.25, -0.2) is 0 Å². The fraction of sp³-hybridized carbons (Fsp3) is 0.538. The van der Waals surface area contributed by atoms with Crippen molar-refractivity contribution in [1.29, 1.82) is 0 Å². The Balaban J connectivity index is 1.96. The number of anilines is 1. The Labute approximate surface area is 101 Å². The maximum Gasteiger partial charge on any atom is 0.181 e. The van der Waals surface area contributed by atoms with Gasteiger partial charge in [-0.1, -0.05) is 0 Å². The molecule has 1 aliphatic carbocycles. The summed E-state index contributed by atoms with van der Waals surface area (Å²) in [4.78, 5) is 18.2. The van der Waals surface area contributed by atoms with Crippen molar-refractivity contribution in [2.45, 2.75) is 31.7 Å². The van der Waals surface area contributed by atoms with Crippen molar-refractivity contribution in [3.05, 3.63) is 23.5 Å². The third kappa shape index (κ3) is 1.82. The van der Waals surface area contributed by atoms with Gasteiger partial charge >= 0.3 is 0 Å². The zero-order chi connectivity index (χ0) is 11.8. The number of hydrogen-bond acceptors (Lipinski definition) is 4. The normalized spacial score (nSPS) is 23.9. The molecule has 2 N–H and O–H groups in total. The van der Waals surface area contributed by atoms with Crippen LogP contribution in [0.25, 0.3) is 0 Å². The molecule has 0 aromatic carbocycles. The molecule has 2 heterocycles. The largest absolute Gasteiger partial charge is 0.370 e. The van der Waals surface area contributed by atoms with E-state index >= 15 is 0 Å². The molecular formula is C13H17N3O. The minimum absolute atomic E-state index is 0.183. The van der Waals surface area contributed by atoms with Crippen LogP contribution in [0.15, 0.2) is 12.3 Å². The molecule has 0 spiro atoms. The highest BCUT2D eigenvalue weighted by atomic mass is 16.1. The van der Waals surface area contributed by atoms with Gasteiger partial charge in [0.25, 0.3) is 0 Å². The Bertz CT molecular complexity index is 458. The topological polar surface area (TPSA) is 59.2 Å². The number of carbonyl (C=O) groups is 1. The van der Waals surface area contributed by atoms with Crippen LogP contribution in [0.2, 0.25) is 0 Å². The van der Waals surface area contributed by atoms with Crippen molar-refractivity contribution in [3.63, 3.8) is 0 Å². The first kappa shape index (κ1) is 10.7. The van der Waals surface area contributed by atoms with E-state index < -0.39 is 0 Å². The van der Waals surface area contributed by atoms with Crippen LogP contribution in [0.5, 0.6) is 0 Å². The van der Waals surface area contributed by atoms with Crippen LogP contribution in [0.1, 0.15) is 35.3 Å². The number of nitrogens with two attached hydrogens (primary N) is 1. The lowest BCUT2D eigenvalue weighted by atomic mass is 10.0. The molecule has 1 saturated heterocycles. The fourth-order valence-corrected chi connectivity index (χ4v) is 2.85. The maximum atomic E-state index is 11.7. The maximum absolute atomic E-state index is 11.7. The number of hydrogen-bond donors (Lipinski definition) is 1. The fourth-order valence-electron chi connectivity index (χ4n) is 2.85. The molecule has 17 heavy (non-hydrogen) atoms. The summed E-state index contributed by atoms with van der Waals surface area (Å²) in [6.45, 7) is 1.93. The van der Waals surface area contributed by atoms with E-state index in [0.29, 0.717) is 12.1 Å². The zero-order valence-corrected chi connectivity index (χ0v) is 9.85. The van der Waals surface area contributed by atoms with Crippen molar-refractivity contribution in [2.24, 2.45) is 5.73 Å². The number of Topliss-reactive ketones (excluding diaryl/α,β-unsaturated/α-hetero) is 1. The molecule has 1 fully saturated rings. The second-order valence-corrected chi connectivity index (χ2v) is 4.93. The van der Waals surface area contributed by atoms with E-state index in [4.69, 9.17) is 5.73 Å². The van der Waals surface area contributed by atoms with E-state index in [1.807, 2.05) is 6.07 Å². The number of ketones is 1. The summed E-state index contributed by atoms with van der Waals surface area (Å²) in [5, 5.41) is 0.